The average molecular weight is 543 g/mol. The van der Waals surface area contributed by atoms with E-state index >= 15 is 0 Å². The van der Waals surface area contributed by atoms with Crippen molar-refractivity contribution in [1.29, 1.82) is 0 Å². The van der Waals surface area contributed by atoms with Crippen LogP contribution in [0.15, 0.2) is 49.2 Å². The van der Waals surface area contributed by atoms with E-state index in [2.05, 4.69) is 22.2 Å². The zero-order valence-corrected chi connectivity index (χ0v) is 20.2. The minimum atomic E-state index is -4.77. The average Bonchev–Trinajstić information content (AvgIpc) is 3.15. The van der Waals surface area contributed by atoms with Gasteiger partial charge >= 0.3 is 6.18 Å². The van der Waals surface area contributed by atoms with Gasteiger partial charge in [0.15, 0.2) is 6.04 Å². The third-order valence-electron chi connectivity index (χ3n) is 6.26. The molecular formula is C25H20F3N5O6. The van der Waals surface area contributed by atoms with Gasteiger partial charge in [0.25, 0.3) is 17.7 Å². The van der Waals surface area contributed by atoms with E-state index in [-0.39, 0.29) is 29.7 Å². The Balaban J connectivity index is 1.80. The summed E-state index contributed by atoms with van der Waals surface area (Å²) >= 11 is 0. The SMILES string of the molecule is C=CC(=O)N(c1ccc2c(c1)C(=O)N(C1CCC(=O)NC1=O)C2=O)C(C(=O)NC)c1cc(C(F)(F)F)ccn1. The maximum atomic E-state index is 13.4. The van der Waals surface area contributed by atoms with Gasteiger partial charge in [-0.3, -0.25) is 48.9 Å². The largest absolute Gasteiger partial charge is 0.416 e. The Hall–Kier alpha value is -4.88. The van der Waals surface area contributed by atoms with Gasteiger partial charge in [-0.15, -0.1) is 0 Å². The van der Waals surface area contributed by atoms with Crippen LogP contribution in [-0.2, 0) is 25.4 Å². The van der Waals surface area contributed by atoms with E-state index < -0.39 is 65.0 Å². The molecule has 1 fully saturated rings. The lowest BCUT2D eigenvalue weighted by Crippen LogP contribution is -2.54. The number of fused-ring (bicyclic) bond motifs is 1. The summed E-state index contributed by atoms with van der Waals surface area (Å²) < 4.78 is 40.2. The number of carbonyl (C=O) groups is 6. The van der Waals surface area contributed by atoms with Gasteiger partial charge in [-0.25, -0.2) is 0 Å². The van der Waals surface area contributed by atoms with Crippen molar-refractivity contribution in [1.82, 2.24) is 20.5 Å². The first-order valence-electron chi connectivity index (χ1n) is 11.4. The molecule has 3 heterocycles. The van der Waals surface area contributed by atoms with Crippen LogP contribution in [0.4, 0.5) is 18.9 Å². The topological polar surface area (TPSA) is 146 Å². The van der Waals surface area contributed by atoms with Gasteiger partial charge in [0.1, 0.15) is 6.04 Å². The Morgan fingerprint density at radius 3 is 2.46 bits per heavy atom. The number of nitrogens with zero attached hydrogens (tertiary/aromatic N) is 3. The van der Waals surface area contributed by atoms with Crippen molar-refractivity contribution in [3.63, 3.8) is 0 Å². The molecule has 14 heteroatoms. The van der Waals surface area contributed by atoms with E-state index in [1.807, 2.05) is 0 Å². The number of nitrogens with one attached hydrogen (secondary N) is 2. The number of amides is 6. The lowest BCUT2D eigenvalue weighted by Gasteiger charge is -2.30. The van der Waals surface area contributed by atoms with E-state index in [1.165, 1.54) is 19.2 Å². The van der Waals surface area contributed by atoms with Gasteiger partial charge in [-0.2, -0.15) is 13.2 Å². The van der Waals surface area contributed by atoms with Gasteiger partial charge in [0.05, 0.1) is 22.4 Å². The number of likely N-dealkylation sites (N-methyl/N-ethyl adjacent to an activating group) is 1. The summed E-state index contributed by atoms with van der Waals surface area (Å²) in [7, 11) is 1.21. The lowest BCUT2D eigenvalue weighted by molar-refractivity contribution is -0.138. The number of hydrogen-bond acceptors (Lipinski definition) is 7. The number of carbonyl (C=O) groups excluding carboxylic acids is 6. The van der Waals surface area contributed by atoms with Crippen molar-refractivity contribution in [3.8, 4) is 0 Å². The van der Waals surface area contributed by atoms with Crippen molar-refractivity contribution in [2.24, 2.45) is 0 Å². The molecule has 39 heavy (non-hydrogen) atoms. The molecule has 2 aliphatic heterocycles. The first-order valence-corrected chi connectivity index (χ1v) is 11.4. The molecule has 1 saturated heterocycles. The second-order valence-electron chi connectivity index (χ2n) is 8.57. The second-order valence-corrected chi connectivity index (χ2v) is 8.57. The molecule has 11 nitrogen and oxygen atoms in total. The molecule has 2 atom stereocenters. The molecule has 1 aromatic carbocycles. The van der Waals surface area contributed by atoms with E-state index in [1.54, 1.807) is 0 Å². The number of anilines is 1. The Kier molecular flexibility index (Phi) is 7.05. The maximum Gasteiger partial charge on any atom is 0.416 e. The number of hydrogen-bond donors (Lipinski definition) is 2. The maximum absolute atomic E-state index is 13.4. The standard InChI is InChI=1S/C25H20F3N5O6/c1-3-19(35)32(20(22(37)29-2)16-10-12(8-9-30-16)25(26,27)28)13-4-5-14-15(11-13)24(39)33(23(14)38)17-6-7-18(34)31-21(17)36/h3-5,8-11,17,20H,1,6-7H2,2H3,(H,29,37)(H,31,34,36). The molecule has 0 bridgehead atoms. The number of imide groups is 2. The molecular weight excluding hydrogens is 523 g/mol. The number of pyridine rings is 1. The summed E-state index contributed by atoms with van der Waals surface area (Å²) in [5.74, 6) is -4.87. The number of piperidine rings is 1. The predicted molar refractivity (Wildman–Crippen MR) is 127 cm³/mol. The number of halogens is 3. The highest BCUT2D eigenvalue weighted by atomic mass is 19.4. The Morgan fingerprint density at radius 2 is 1.85 bits per heavy atom. The normalized spacial score (nSPS) is 17.8. The molecule has 2 aromatic rings. The van der Waals surface area contributed by atoms with Crippen LogP contribution in [-0.4, -0.2) is 58.4 Å². The van der Waals surface area contributed by atoms with Crippen LogP contribution in [0.25, 0.3) is 0 Å². The Labute approximate surface area is 218 Å². The number of rotatable bonds is 6. The van der Waals surface area contributed by atoms with Crippen molar-refractivity contribution in [2.75, 3.05) is 11.9 Å². The van der Waals surface area contributed by atoms with Crippen LogP contribution in [0.1, 0.15) is 50.9 Å². The van der Waals surface area contributed by atoms with E-state index in [0.29, 0.717) is 17.0 Å². The quantitative estimate of drug-likeness (QED) is 0.415. The molecule has 2 unspecified atom stereocenters. The fourth-order valence-electron chi connectivity index (χ4n) is 4.41. The fourth-order valence-corrected chi connectivity index (χ4v) is 4.41. The first kappa shape index (κ1) is 27.2. The molecule has 4 rings (SSSR count). The van der Waals surface area contributed by atoms with E-state index in [9.17, 15) is 41.9 Å². The molecule has 0 aliphatic carbocycles. The molecule has 6 amide bonds. The zero-order chi connectivity index (χ0) is 28.6. The third-order valence-corrected chi connectivity index (χ3v) is 6.26. The second kappa shape index (κ2) is 10.1. The summed E-state index contributed by atoms with van der Waals surface area (Å²) in [6, 6.07) is 1.90. The third kappa shape index (κ3) is 4.87. The van der Waals surface area contributed by atoms with Crippen LogP contribution in [0.5, 0.6) is 0 Å². The van der Waals surface area contributed by atoms with Gasteiger partial charge in [-0.05, 0) is 42.8 Å². The van der Waals surface area contributed by atoms with Crippen molar-refractivity contribution in [2.45, 2.75) is 31.1 Å². The molecule has 0 saturated carbocycles. The number of aromatic nitrogens is 1. The van der Waals surface area contributed by atoms with Crippen LogP contribution in [0, 0.1) is 0 Å². The monoisotopic (exact) mass is 543 g/mol. The molecule has 2 aliphatic rings. The lowest BCUT2D eigenvalue weighted by atomic mass is 10.0. The zero-order valence-electron chi connectivity index (χ0n) is 20.2. The van der Waals surface area contributed by atoms with E-state index in [0.717, 1.165) is 23.2 Å². The Morgan fingerprint density at radius 1 is 1.15 bits per heavy atom. The van der Waals surface area contributed by atoms with Crippen molar-refractivity contribution < 1.29 is 41.9 Å². The van der Waals surface area contributed by atoms with Crippen molar-refractivity contribution >= 4 is 41.1 Å². The minimum absolute atomic E-state index is 0.0793. The van der Waals surface area contributed by atoms with Crippen LogP contribution in [0.2, 0.25) is 0 Å². The van der Waals surface area contributed by atoms with Crippen LogP contribution in [0.3, 0.4) is 0 Å². The number of benzene rings is 1. The highest BCUT2D eigenvalue weighted by molar-refractivity contribution is 6.24. The molecule has 0 radical (unpaired) electrons. The molecule has 2 N–H and O–H groups in total. The summed E-state index contributed by atoms with van der Waals surface area (Å²) in [5.41, 5.74) is -1.97. The number of alkyl halides is 3. The summed E-state index contributed by atoms with van der Waals surface area (Å²) in [6.45, 7) is 3.39. The smallest absolute Gasteiger partial charge is 0.357 e. The predicted octanol–water partition coefficient (Wildman–Crippen LogP) is 1.51. The Bertz CT molecular complexity index is 1440. The summed E-state index contributed by atoms with van der Waals surface area (Å²) in [6.07, 6.45) is -3.27. The molecule has 0 spiro atoms. The van der Waals surface area contributed by atoms with Gasteiger partial charge in [0, 0.05) is 25.4 Å². The highest BCUT2D eigenvalue weighted by Gasteiger charge is 2.45. The van der Waals surface area contributed by atoms with Gasteiger partial charge in [0.2, 0.25) is 17.7 Å². The van der Waals surface area contributed by atoms with Gasteiger partial charge < -0.3 is 5.32 Å². The summed E-state index contributed by atoms with van der Waals surface area (Å²) in [5, 5.41) is 4.36. The molecule has 202 valence electrons. The fraction of sp³-hybridized carbons (Fsp3) is 0.240. The van der Waals surface area contributed by atoms with Gasteiger partial charge in [-0.1, -0.05) is 6.58 Å². The van der Waals surface area contributed by atoms with Crippen LogP contribution >= 0.6 is 0 Å². The van der Waals surface area contributed by atoms with E-state index in [4.69, 9.17) is 0 Å². The summed E-state index contributed by atoms with van der Waals surface area (Å²) in [4.78, 5) is 81.3. The first-order chi connectivity index (χ1) is 18.4. The minimum Gasteiger partial charge on any atom is -0.357 e. The molecule has 1 aromatic heterocycles. The van der Waals surface area contributed by atoms with Crippen LogP contribution < -0.4 is 15.5 Å². The highest BCUT2D eigenvalue weighted by Crippen LogP contribution is 2.35. The van der Waals surface area contributed by atoms with Crippen molar-refractivity contribution in [3.05, 3.63) is 71.6 Å².